The van der Waals surface area contributed by atoms with E-state index in [1.165, 1.54) is 5.39 Å². The highest BCUT2D eigenvalue weighted by Gasteiger charge is 2.10. The minimum atomic E-state index is 0.857. The molecule has 5 nitrogen and oxygen atoms in total. The fourth-order valence-corrected chi connectivity index (χ4v) is 3.69. The van der Waals surface area contributed by atoms with E-state index >= 15 is 0 Å². The van der Waals surface area contributed by atoms with Crippen molar-refractivity contribution in [3.63, 3.8) is 0 Å². The largest absolute Gasteiger partial charge is 0.497 e. The van der Waals surface area contributed by atoms with E-state index in [4.69, 9.17) is 9.72 Å². The van der Waals surface area contributed by atoms with Crippen molar-refractivity contribution >= 4 is 16.6 Å². The van der Waals surface area contributed by atoms with Crippen molar-refractivity contribution in [1.29, 1.82) is 0 Å². The van der Waals surface area contributed by atoms with Gasteiger partial charge in [0.2, 0.25) is 0 Å². The van der Waals surface area contributed by atoms with Gasteiger partial charge in [0.15, 0.2) is 0 Å². The molecule has 2 heterocycles. The predicted molar refractivity (Wildman–Crippen MR) is 116 cm³/mol. The number of methoxy groups -OCH3 is 1. The summed E-state index contributed by atoms with van der Waals surface area (Å²) in [6, 6.07) is 18.6. The van der Waals surface area contributed by atoms with Gasteiger partial charge in [-0.15, -0.1) is 0 Å². The smallest absolute Gasteiger partial charge is 0.118 e. The highest BCUT2D eigenvalue weighted by Crippen LogP contribution is 2.29. The number of ether oxygens (including phenoxy) is 1. The van der Waals surface area contributed by atoms with Gasteiger partial charge in [0.25, 0.3) is 0 Å². The van der Waals surface area contributed by atoms with Gasteiger partial charge < -0.3 is 20.3 Å². The summed E-state index contributed by atoms with van der Waals surface area (Å²) in [5.41, 5.74) is 4.23. The second kappa shape index (κ2) is 9.04. The number of anilines is 1. The van der Waals surface area contributed by atoms with Gasteiger partial charge in [-0.1, -0.05) is 18.2 Å². The molecule has 0 radical (unpaired) electrons. The zero-order valence-electron chi connectivity index (χ0n) is 16.4. The van der Waals surface area contributed by atoms with Crippen molar-refractivity contribution in [2.45, 2.75) is 6.42 Å². The quantitative estimate of drug-likeness (QED) is 0.617. The normalized spacial score (nSPS) is 14.9. The van der Waals surface area contributed by atoms with Crippen LogP contribution < -0.4 is 15.4 Å². The molecule has 0 saturated carbocycles. The van der Waals surface area contributed by atoms with Crippen molar-refractivity contribution < 1.29 is 4.74 Å². The molecule has 0 spiro atoms. The van der Waals surface area contributed by atoms with Gasteiger partial charge in [-0.05, 0) is 49.4 Å². The summed E-state index contributed by atoms with van der Waals surface area (Å²) in [7, 11) is 1.69. The van der Waals surface area contributed by atoms with Crippen molar-refractivity contribution in [3.05, 3.63) is 54.6 Å². The number of piperazine rings is 1. The molecule has 2 N–H and O–H groups in total. The SMILES string of the molecule is COc1ccc(-c2cc(NCCCN3CCNCC3)c3ccccc3n2)cc1. The Labute approximate surface area is 166 Å². The maximum atomic E-state index is 5.27. The minimum Gasteiger partial charge on any atom is -0.497 e. The van der Waals surface area contributed by atoms with Crippen LogP contribution in [0, 0.1) is 0 Å². The Hall–Kier alpha value is -2.63. The number of benzene rings is 2. The van der Waals surface area contributed by atoms with E-state index < -0.39 is 0 Å². The van der Waals surface area contributed by atoms with Gasteiger partial charge in [0, 0.05) is 49.4 Å². The molecule has 1 aliphatic rings. The van der Waals surface area contributed by atoms with Crippen LogP contribution in [0.2, 0.25) is 0 Å². The number of hydrogen-bond donors (Lipinski definition) is 2. The standard InChI is InChI=1S/C23H28N4O/c1-28-19-9-7-18(8-10-19)22-17-23(20-5-2-3-6-21(20)26-22)25-11-4-14-27-15-12-24-13-16-27/h2-3,5-10,17,24H,4,11-16H2,1H3,(H,25,26). The van der Waals surface area contributed by atoms with Crippen molar-refractivity contribution in [2.24, 2.45) is 0 Å². The first-order chi connectivity index (χ1) is 13.8. The van der Waals surface area contributed by atoms with Crippen LogP contribution >= 0.6 is 0 Å². The molecule has 4 rings (SSSR count). The molecule has 5 heteroatoms. The van der Waals surface area contributed by atoms with Crippen molar-refractivity contribution in [3.8, 4) is 17.0 Å². The fourth-order valence-electron chi connectivity index (χ4n) is 3.69. The second-order valence-electron chi connectivity index (χ2n) is 7.17. The van der Waals surface area contributed by atoms with Crippen LogP contribution in [-0.2, 0) is 0 Å². The first-order valence-electron chi connectivity index (χ1n) is 10.0. The molecule has 1 aliphatic heterocycles. The third kappa shape index (κ3) is 4.43. The number of nitrogens with one attached hydrogen (secondary N) is 2. The average molecular weight is 377 g/mol. The van der Waals surface area contributed by atoms with Gasteiger partial charge in [-0.2, -0.15) is 0 Å². The molecular weight excluding hydrogens is 348 g/mol. The molecule has 1 saturated heterocycles. The first kappa shape index (κ1) is 18.7. The number of nitrogens with zero attached hydrogens (tertiary/aromatic N) is 2. The number of aromatic nitrogens is 1. The lowest BCUT2D eigenvalue weighted by Gasteiger charge is -2.27. The maximum Gasteiger partial charge on any atom is 0.118 e. The van der Waals surface area contributed by atoms with E-state index in [1.807, 2.05) is 18.2 Å². The van der Waals surface area contributed by atoms with Gasteiger partial charge in [-0.25, -0.2) is 4.98 Å². The number of fused-ring (bicyclic) bond motifs is 1. The number of para-hydroxylation sites is 1. The predicted octanol–water partition coefficient (Wildman–Crippen LogP) is 3.62. The van der Waals surface area contributed by atoms with E-state index in [9.17, 15) is 0 Å². The van der Waals surface area contributed by atoms with Crippen LogP contribution in [-0.4, -0.2) is 56.3 Å². The lowest BCUT2D eigenvalue weighted by Crippen LogP contribution is -2.44. The molecule has 146 valence electrons. The molecule has 1 aromatic heterocycles. The van der Waals surface area contributed by atoms with Gasteiger partial charge >= 0.3 is 0 Å². The number of pyridine rings is 1. The molecule has 0 aliphatic carbocycles. The summed E-state index contributed by atoms with van der Waals surface area (Å²) in [6.45, 7) is 6.61. The summed E-state index contributed by atoms with van der Waals surface area (Å²) in [6.07, 6.45) is 1.13. The third-order valence-corrected chi connectivity index (χ3v) is 5.28. The van der Waals surface area contributed by atoms with Crippen LogP contribution in [0.1, 0.15) is 6.42 Å². The van der Waals surface area contributed by atoms with E-state index in [-0.39, 0.29) is 0 Å². The van der Waals surface area contributed by atoms with E-state index in [2.05, 4.69) is 51.9 Å². The fraction of sp³-hybridized carbons (Fsp3) is 0.348. The average Bonchev–Trinajstić information content (AvgIpc) is 2.77. The van der Waals surface area contributed by atoms with Crippen LogP contribution in [0.4, 0.5) is 5.69 Å². The van der Waals surface area contributed by atoms with E-state index in [1.54, 1.807) is 7.11 Å². The summed E-state index contributed by atoms with van der Waals surface area (Å²) < 4.78 is 5.27. The second-order valence-corrected chi connectivity index (χ2v) is 7.17. The highest BCUT2D eigenvalue weighted by atomic mass is 16.5. The Morgan fingerprint density at radius 2 is 1.86 bits per heavy atom. The molecule has 0 bridgehead atoms. The summed E-state index contributed by atoms with van der Waals surface area (Å²) in [5.74, 6) is 0.857. The summed E-state index contributed by atoms with van der Waals surface area (Å²) >= 11 is 0. The molecule has 0 atom stereocenters. The number of rotatable bonds is 7. The molecule has 1 fully saturated rings. The van der Waals surface area contributed by atoms with Gasteiger partial charge in [-0.3, -0.25) is 0 Å². The zero-order chi connectivity index (χ0) is 19.2. The maximum absolute atomic E-state index is 5.27. The zero-order valence-corrected chi connectivity index (χ0v) is 16.4. The van der Waals surface area contributed by atoms with Crippen LogP contribution in [0.3, 0.4) is 0 Å². The Balaban J connectivity index is 1.50. The Kier molecular flexibility index (Phi) is 6.04. The molecule has 3 aromatic rings. The lowest BCUT2D eigenvalue weighted by atomic mass is 10.1. The topological polar surface area (TPSA) is 49.4 Å². The monoisotopic (exact) mass is 376 g/mol. The first-order valence-corrected chi connectivity index (χ1v) is 10.0. The van der Waals surface area contributed by atoms with Gasteiger partial charge in [0.05, 0.1) is 18.3 Å². The Bertz CT molecular complexity index is 904. The van der Waals surface area contributed by atoms with Crippen LogP contribution in [0.15, 0.2) is 54.6 Å². The van der Waals surface area contributed by atoms with E-state index in [0.717, 1.165) is 73.9 Å². The molecule has 2 aromatic carbocycles. The van der Waals surface area contributed by atoms with Crippen molar-refractivity contribution in [2.75, 3.05) is 51.7 Å². The third-order valence-electron chi connectivity index (χ3n) is 5.28. The highest BCUT2D eigenvalue weighted by molar-refractivity contribution is 5.93. The van der Waals surface area contributed by atoms with E-state index in [0.29, 0.717) is 0 Å². The van der Waals surface area contributed by atoms with Crippen LogP contribution in [0.5, 0.6) is 5.75 Å². The molecule has 0 unspecified atom stereocenters. The Morgan fingerprint density at radius 1 is 1.07 bits per heavy atom. The van der Waals surface area contributed by atoms with Gasteiger partial charge in [0.1, 0.15) is 5.75 Å². The molecule has 0 amide bonds. The minimum absolute atomic E-state index is 0.857. The van der Waals surface area contributed by atoms with Crippen LogP contribution in [0.25, 0.3) is 22.2 Å². The molecular formula is C23H28N4O. The summed E-state index contributed by atoms with van der Waals surface area (Å²) in [5, 5.41) is 8.23. The molecule has 28 heavy (non-hydrogen) atoms. The Morgan fingerprint density at radius 3 is 2.64 bits per heavy atom. The van der Waals surface area contributed by atoms with Crippen molar-refractivity contribution in [1.82, 2.24) is 15.2 Å². The summed E-state index contributed by atoms with van der Waals surface area (Å²) in [4.78, 5) is 7.40. The lowest BCUT2D eigenvalue weighted by molar-refractivity contribution is 0.240. The number of hydrogen-bond acceptors (Lipinski definition) is 5.